The maximum atomic E-state index is 10.5. The zero-order chi connectivity index (χ0) is 19.1. The Balaban J connectivity index is 1.21. The molecule has 1 aromatic carbocycles. The smallest absolute Gasteiger partial charge is 0.0900 e. The average molecular weight is 373 g/mol. The molecule has 1 aromatic rings. The number of hydrogen-bond donors (Lipinski definition) is 1. The second-order valence-electron chi connectivity index (χ2n) is 9.71. The van der Waals surface area contributed by atoms with E-state index in [9.17, 15) is 5.11 Å². The van der Waals surface area contributed by atoms with Gasteiger partial charge in [-0.2, -0.15) is 0 Å². The monoisotopic (exact) mass is 372 g/mol. The second-order valence-corrected chi connectivity index (χ2v) is 9.71. The number of β-amino-alcohol motifs (C(OH)–C–C–N with tert-alkyl or cyclic N) is 1. The summed E-state index contributed by atoms with van der Waals surface area (Å²) in [5.74, 6) is 0.788. The van der Waals surface area contributed by atoms with E-state index in [1.54, 1.807) is 0 Å². The van der Waals surface area contributed by atoms with Crippen LogP contribution in [-0.4, -0.2) is 61.5 Å². The van der Waals surface area contributed by atoms with Gasteiger partial charge in [-0.05, 0) is 48.1 Å². The first kappa shape index (κ1) is 19.2. The minimum Gasteiger partial charge on any atom is -0.389 e. The van der Waals surface area contributed by atoms with Gasteiger partial charge in [0.05, 0.1) is 18.8 Å². The second kappa shape index (κ2) is 7.38. The van der Waals surface area contributed by atoms with E-state index in [0.717, 1.165) is 38.6 Å². The van der Waals surface area contributed by atoms with Gasteiger partial charge in [0, 0.05) is 38.4 Å². The predicted molar refractivity (Wildman–Crippen MR) is 110 cm³/mol. The van der Waals surface area contributed by atoms with Crippen molar-refractivity contribution >= 4 is 5.69 Å². The molecule has 1 saturated heterocycles. The van der Waals surface area contributed by atoms with Crippen LogP contribution in [0.5, 0.6) is 0 Å². The van der Waals surface area contributed by atoms with Crippen molar-refractivity contribution < 1.29 is 9.84 Å². The first-order valence-electron chi connectivity index (χ1n) is 10.7. The summed E-state index contributed by atoms with van der Waals surface area (Å²) in [7, 11) is 0. The quantitative estimate of drug-likeness (QED) is 0.830. The van der Waals surface area contributed by atoms with Crippen LogP contribution in [0.2, 0.25) is 0 Å². The molecular formula is C23H36N2O2. The number of aliphatic hydroxyl groups excluding tert-OH is 1. The summed E-state index contributed by atoms with van der Waals surface area (Å²) in [6.07, 6.45) is 3.71. The highest BCUT2D eigenvalue weighted by atomic mass is 16.5. The Kier molecular flexibility index (Phi) is 5.26. The fourth-order valence-electron chi connectivity index (χ4n) is 5.79. The minimum atomic E-state index is -0.390. The summed E-state index contributed by atoms with van der Waals surface area (Å²) < 4.78 is 6.28. The summed E-state index contributed by atoms with van der Waals surface area (Å²) in [6.45, 7) is 12.5. The molecular weight excluding hydrogens is 336 g/mol. The maximum Gasteiger partial charge on any atom is 0.0900 e. The largest absolute Gasteiger partial charge is 0.389 e. The van der Waals surface area contributed by atoms with Gasteiger partial charge in [-0.15, -0.1) is 0 Å². The van der Waals surface area contributed by atoms with Gasteiger partial charge in [0.1, 0.15) is 0 Å². The van der Waals surface area contributed by atoms with Crippen LogP contribution in [-0.2, 0) is 4.74 Å². The van der Waals surface area contributed by atoms with Gasteiger partial charge in [0.15, 0.2) is 0 Å². The van der Waals surface area contributed by atoms with Crippen molar-refractivity contribution in [1.29, 1.82) is 0 Å². The number of rotatable bonds is 6. The Morgan fingerprint density at radius 3 is 2.41 bits per heavy atom. The number of ether oxygens (including phenoxy) is 1. The number of nitrogens with zero attached hydrogens (tertiary/aromatic N) is 2. The third kappa shape index (κ3) is 3.52. The molecule has 2 bridgehead atoms. The van der Waals surface area contributed by atoms with Gasteiger partial charge < -0.3 is 14.7 Å². The van der Waals surface area contributed by atoms with E-state index in [1.807, 2.05) is 0 Å². The van der Waals surface area contributed by atoms with Crippen LogP contribution in [0, 0.1) is 16.7 Å². The number of aliphatic hydroxyl groups is 1. The molecule has 0 radical (unpaired) electrons. The Labute approximate surface area is 164 Å². The topological polar surface area (TPSA) is 35.9 Å². The molecule has 150 valence electrons. The van der Waals surface area contributed by atoms with Crippen molar-refractivity contribution in [3.63, 3.8) is 0 Å². The molecule has 4 rings (SSSR count). The molecule has 1 N–H and O–H groups in total. The van der Waals surface area contributed by atoms with E-state index in [1.165, 1.54) is 24.9 Å². The molecule has 0 unspecified atom stereocenters. The van der Waals surface area contributed by atoms with Crippen LogP contribution in [0.1, 0.15) is 40.0 Å². The molecule has 2 saturated carbocycles. The fourth-order valence-corrected chi connectivity index (χ4v) is 5.79. The zero-order valence-electron chi connectivity index (χ0n) is 17.2. The molecule has 2 aliphatic carbocycles. The van der Waals surface area contributed by atoms with Crippen LogP contribution in [0.15, 0.2) is 30.3 Å². The first-order chi connectivity index (χ1) is 12.9. The zero-order valence-corrected chi connectivity index (χ0v) is 17.2. The molecule has 1 heterocycles. The number of fused-ring (bicyclic) bond motifs is 2. The highest BCUT2D eigenvalue weighted by Gasteiger charge is 2.61. The minimum absolute atomic E-state index is 0.276. The van der Waals surface area contributed by atoms with E-state index < -0.39 is 0 Å². The number of para-hydroxylation sites is 1. The number of benzene rings is 1. The lowest BCUT2D eigenvalue weighted by atomic mass is 9.70. The van der Waals surface area contributed by atoms with Crippen LogP contribution < -0.4 is 4.90 Å². The van der Waals surface area contributed by atoms with Gasteiger partial charge >= 0.3 is 0 Å². The Bertz CT molecular complexity index is 627. The molecule has 4 heteroatoms. The van der Waals surface area contributed by atoms with Crippen LogP contribution in [0.4, 0.5) is 5.69 Å². The Morgan fingerprint density at radius 2 is 1.81 bits per heavy atom. The van der Waals surface area contributed by atoms with Gasteiger partial charge in [-0.3, -0.25) is 4.90 Å². The fraction of sp³-hybridized carbons (Fsp3) is 0.739. The Morgan fingerprint density at radius 1 is 1.11 bits per heavy atom. The SMILES string of the molecule is CC1(C)[C@H]2CC[C@@]1(C)[C@H](OC[C@@H](O)CN1CCN(c3ccccc3)CC1)C2. The Hall–Kier alpha value is -1.10. The number of anilines is 1. The summed E-state index contributed by atoms with van der Waals surface area (Å²) in [5, 5.41) is 10.5. The van der Waals surface area contributed by atoms with E-state index in [0.29, 0.717) is 18.1 Å². The number of piperazine rings is 1. The van der Waals surface area contributed by atoms with E-state index in [-0.39, 0.29) is 11.5 Å². The molecule has 4 atom stereocenters. The third-order valence-electron chi connectivity index (χ3n) is 8.17. The molecule has 0 aromatic heterocycles. The van der Waals surface area contributed by atoms with Crippen LogP contribution in [0.3, 0.4) is 0 Å². The summed E-state index contributed by atoms with van der Waals surface area (Å²) in [4.78, 5) is 4.80. The third-order valence-corrected chi connectivity index (χ3v) is 8.17. The lowest BCUT2D eigenvalue weighted by molar-refractivity contribution is -0.0794. The number of hydrogen-bond acceptors (Lipinski definition) is 4. The highest BCUT2D eigenvalue weighted by Crippen LogP contribution is 2.66. The van der Waals surface area contributed by atoms with Gasteiger partial charge in [0.2, 0.25) is 0 Å². The summed E-state index contributed by atoms with van der Waals surface area (Å²) >= 11 is 0. The van der Waals surface area contributed by atoms with Crippen molar-refractivity contribution in [2.45, 2.75) is 52.2 Å². The lowest BCUT2D eigenvalue weighted by Gasteiger charge is -2.39. The highest BCUT2D eigenvalue weighted by molar-refractivity contribution is 5.46. The predicted octanol–water partition coefficient (Wildman–Crippen LogP) is 3.40. The van der Waals surface area contributed by atoms with Gasteiger partial charge in [-0.25, -0.2) is 0 Å². The molecule has 3 aliphatic rings. The lowest BCUT2D eigenvalue weighted by Crippen LogP contribution is -2.49. The summed E-state index contributed by atoms with van der Waals surface area (Å²) in [5.41, 5.74) is 1.95. The van der Waals surface area contributed by atoms with Crippen molar-refractivity contribution in [2.75, 3.05) is 44.2 Å². The van der Waals surface area contributed by atoms with E-state index in [4.69, 9.17) is 4.74 Å². The molecule has 1 aliphatic heterocycles. The normalized spacial score (nSPS) is 34.1. The van der Waals surface area contributed by atoms with E-state index in [2.05, 4.69) is 60.9 Å². The molecule has 27 heavy (non-hydrogen) atoms. The molecule has 0 amide bonds. The van der Waals surface area contributed by atoms with Crippen molar-refractivity contribution in [3.05, 3.63) is 30.3 Å². The van der Waals surface area contributed by atoms with Gasteiger partial charge in [-0.1, -0.05) is 39.0 Å². The molecule has 3 fully saturated rings. The standard InChI is InChI=1S/C23H36N2O2/c1-22(2)18-9-10-23(22,3)21(15-18)27-17-20(26)16-24-11-13-25(14-12-24)19-7-5-4-6-8-19/h4-8,18,20-21,26H,9-17H2,1-3H3/t18-,20-,21+,23-/m0/s1. The van der Waals surface area contributed by atoms with Crippen molar-refractivity contribution in [3.8, 4) is 0 Å². The molecule has 0 spiro atoms. The van der Waals surface area contributed by atoms with Crippen molar-refractivity contribution in [1.82, 2.24) is 4.90 Å². The average Bonchev–Trinajstić information content (AvgIpc) is 3.01. The van der Waals surface area contributed by atoms with Crippen molar-refractivity contribution in [2.24, 2.45) is 16.7 Å². The maximum absolute atomic E-state index is 10.5. The summed E-state index contributed by atoms with van der Waals surface area (Å²) in [6, 6.07) is 10.6. The molecule has 4 nitrogen and oxygen atoms in total. The van der Waals surface area contributed by atoms with Gasteiger partial charge in [0.25, 0.3) is 0 Å². The first-order valence-corrected chi connectivity index (χ1v) is 10.7. The van der Waals surface area contributed by atoms with Crippen LogP contribution in [0.25, 0.3) is 0 Å². The van der Waals surface area contributed by atoms with Crippen LogP contribution >= 0.6 is 0 Å². The van der Waals surface area contributed by atoms with E-state index >= 15 is 0 Å².